The van der Waals surface area contributed by atoms with E-state index in [1.807, 2.05) is 24.0 Å². The van der Waals surface area contributed by atoms with Crippen molar-refractivity contribution in [2.24, 2.45) is 0 Å². The molecular formula is C24H31N5O4. The van der Waals surface area contributed by atoms with Crippen molar-refractivity contribution in [3.05, 3.63) is 51.4 Å². The molecule has 1 aliphatic rings. The Bertz CT molecular complexity index is 1300. The van der Waals surface area contributed by atoms with Gasteiger partial charge in [0, 0.05) is 32.8 Å². The van der Waals surface area contributed by atoms with Crippen LogP contribution in [0, 0.1) is 12.3 Å². The number of hydrogen-bond donors (Lipinski definition) is 2. The number of pyridine rings is 2. The second-order valence-electron chi connectivity index (χ2n) is 8.32. The third-order valence-corrected chi connectivity index (χ3v) is 5.74. The molecule has 4 rings (SSSR count). The summed E-state index contributed by atoms with van der Waals surface area (Å²) in [4.78, 5) is 42.0. The number of unbranched alkanes of at least 4 members (excludes halogenated alkanes) is 1. The van der Waals surface area contributed by atoms with Gasteiger partial charge in [-0.15, -0.1) is 0 Å². The highest BCUT2D eigenvalue weighted by atomic mass is 16.4. The van der Waals surface area contributed by atoms with Crippen molar-refractivity contribution in [2.75, 3.05) is 13.1 Å². The van der Waals surface area contributed by atoms with Gasteiger partial charge >= 0.3 is 0 Å². The van der Waals surface area contributed by atoms with Crippen molar-refractivity contribution in [2.45, 2.75) is 59.4 Å². The number of nitrogens with one attached hydrogen (secondary N) is 1. The number of aryl methyl sites for hydroxylation is 2. The lowest BCUT2D eigenvalue weighted by Crippen LogP contribution is -2.40. The first kappa shape index (κ1) is 24.2. The molecule has 0 bridgehead atoms. The fourth-order valence-electron chi connectivity index (χ4n) is 4.06. The summed E-state index contributed by atoms with van der Waals surface area (Å²) in [5.41, 5.74) is 2.20. The number of likely N-dealkylation sites (tertiary alicyclic amines) is 1. The lowest BCUT2D eigenvalue weighted by atomic mass is 10.1. The van der Waals surface area contributed by atoms with Crippen molar-refractivity contribution in [3.8, 4) is 0 Å². The summed E-state index contributed by atoms with van der Waals surface area (Å²) in [6.45, 7) is 7.05. The van der Waals surface area contributed by atoms with E-state index in [1.54, 1.807) is 16.8 Å². The monoisotopic (exact) mass is 453 g/mol. The van der Waals surface area contributed by atoms with E-state index in [0.717, 1.165) is 44.6 Å². The third-order valence-electron chi connectivity index (χ3n) is 5.74. The Hall–Kier alpha value is -3.49. The van der Waals surface area contributed by atoms with Gasteiger partial charge in [-0.05, 0) is 50.3 Å². The quantitative estimate of drug-likeness (QED) is 0.589. The minimum atomic E-state index is -0.833. The van der Waals surface area contributed by atoms with Crippen molar-refractivity contribution in [3.63, 3.8) is 0 Å². The number of carboxylic acids is 1. The van der Waals surface area contributed by atoms with Gasteiger partial charge in [-0.25, -0.2) is 4.98 Å². The maximum atomic E-state index is 13.3. The normalized spacial score (nSPS) is 13.6. The first-order valence-electron chi connectivity index (χ1n) is 11.3. The first-order chi connectivity index (χ1) is 15.8. The number of hydrogen-bond acceptors (Lipinski definition) is 5. The molecule has 0 radical (unpaired) electrons. The molecule has 0 atom stereocenters. The molecule has 9 heteroatoms. The molecule has 3 aromatic rings. The van der Waals surface area contributed by atoms with E-state index in [9.17, 15) is 9.59 Å². The lowest BCUT2D eigenvalue weighted by molar-refractivity contribution is -0.134. The highest BCUT2D eigenvalue weighted by Gasteiger charge is 2.23. The zero-order valence-electron chi connectivity index (χ0n) is 19.4. The van der Waals surface area contributed by atoms with Gasteiger partial charge in [0.15, 0.2) is 0 Å². The highest BCUT2D eigenvalue weighted by molar-refractivity contribution is 5.97. The topological polar surface area (TPSA) is 121 Å². The predicted octanol–water partition coefficient (Wildman–Crippen LogP) is 2.95. The fourth-order valence-corrected chi connectivity index (χ4v) is 4.06. The zero-order valence-corrected chi connectivity index (χ0v) is 19.4. The molecule has 0 aliphatic carbocycles. The molecule has 4 heterocycles. The summed E-state index contributed by atoms with van der Waals surface area (Å²) in [5.74, 6) is -0.990. The van der Waals surface area contributed by atoms with Gasteiger partial charge < -0.3 is 14.6 Å². The number of piperidine rings is 1. The van der Waals surface area contributed by atoms with Gasteiger partial charge in [0.05, 0.1) is 10.9 Å². The summed E-state index contributed by atoms with van der Waals surface area (Å²) < 4.78 is 3.27. The van der Waals surface area contributed by atoms with Crippen LogP contribution in [-0.2, 0) is 11.3 Å². The molecule has 1 saturated heterocycles. The SMILES string of the molecule is CC(=O)O.CCCCn1c(=N)c(C(=O)N2CCCCC2)cc2c(=O)n3cccc(C)c3nc21. The Balaban J connectivity index is 0.000000709. The molecule has 0 aromatic carbocycles. The summed E-state index contributed by atoms with van der Waals surface area (Å²) in [7, 11) is 0. The Labute approximate surface area is 191 Å². The largest absolute Gasteiger partial charge is 0.481 e. The Morgan fingerprint density at radius 2 is 1.85 bits per heavy atom. The van der Waals surface area contributed by atoms with Crippen LogP contribution in [0.5, 0.6) is 0 Å². The van der Waals surface area contributed by atoms with Crippen LogP contribution in [0.1, 0.15) is 61.9 Å². The lowest BCUT2D eigenvalue weighted by Gasteiger charge is -2.27. The molecule has 2 N–H and O–H groups in total. The van der Waals surface area contributed by atoms with Crippen LogP contribution in [0.15, 0.2) is 29.2 Å². The standard InChI is InChI=1S/C22H27N5O2.C2H4O2/c1-3-4-12-26-18(23)16(21(28)25-10-6-5-7-11-25)14-17-20(26)24-19-15(2)9-8-13-27(19)22(17)29;1-2(3)4/h8-9,13-14,23H,3-7,10-12H2,1-2H3;1H3,(H,3,4). The molecule has 0 spiro atoms. The number of carbonyl (C=O) groups excluding carboxylic acids is 1. The number of fused-ring (bicyclic) bond motifs is 2. The zero-order chi connectivity index (χ0) is 24.1. The van der Waals surface area contributed by atoms with Crippen LogP contribution in [0.25, 0.3) is 16.7 Å². The molecule has 176 valence electrons. The second-order valence-corrected chi connectivity index (χ2v) is 8.32. The van der Waals surface area contributed by atoms with Gasteiger partial charge in [-0.3, -0.25) is 24.2 Å². The number of carboxylic acid groups (broad SMARTS) is 1. The van der Waals surface area contributed by atoms with E-state index in [-0.39, 0.29) is 17.0 Å². The fraction of sp³-hybridized carbons (Fsp3) is 0.458. The molecular weight excluding hydrogens is 422 g/mol. The van der Waals surface area contributed by atoms with E-state index in [1.165, 1.54) is 4.40 Å². The molecule has 1 aliphatic heterocycles. The van der Waals surface area contributed by atoms with Crippen molar-refractivity contribution in [1.82, 2.24) is 18.9 Å². The third kappa shape index (κ3) is 5.13. The molecule has 0 unspecified atom stereocenters. The molecule has 3 aromatic heterocycles. The Morgan fingerprint density at radius 1 is 1.18 bits per heavy atom. The first-order valence-corrected chi connectivity index (χ1v) is 11.3. The minimum absolute atomic E-state index is 0.145. The maximum Gasteiger partial charge on any atom is 0.300 e. The number of amides is 1. The van der Waals surface area contributed by atoms with Crippen LogP contribution in [0.2, 0.25) is 0 Å². The molecule has 33 heavy (non-hydrogen) atoms. The van der Waals surface area contributed by atoms with Crippen molar-refractivity contribution in [1.29, 1.82) is 5.41 Å². The average Bonchev–Trinajstić information content (AvgIpc) is 2.79. The van der Waals surface area contributed by atoms with E-state index >= 15 is 0 Å². The van der Waals surface area contributed by atoms with Gasteiger partial charge in [0.2, 0.25) is 0 Å². The number of rotatable bonds is 4. The number of aliphatic carboxylic acids is 1. The van der Waals surface area contributed by atoms with Crippen LogP contribution >= 0.6 is 0 Å². The summed E-state index contributed by atoms with van der Waals surface area (Å²) in [5, 5.41) is 16.6. The number of carbonyl (C=O) groups is 2. The Kier molecular flexibility index (Phi) is 7.63. The van der Waals surface area contributed by atoms with Gasteiger partial charge in [0.25, 0.3) is 17.4 Å². The number of nitrogens with zero attached hydrogens (tertiary/aromatic N) is 4. The van der Waals surface area contributed by atoms with Crippen LogP contribution < -0.4 is 11.0 Å². The number of aromatic nitrogens is 3. The summed E-state index contributed by atoms with van der Waals surface area (Å²) >= 11 is 0. The smallest absolute Gasteiger partial charge is 0.300 e. The minimum Gasteiger partial charge on any atom is -0.481 e. The molecule has 0 saturated carbocycles. The van der Waals surface area contributed by atoms with Crippen molar-refractivity contribution >= 4 is 28.6 Å². The second kappa shape index (κ2) is 10.4. The van der Waals surface area contributed by atoms with Crippen LogP contribution in [0.4, 0.5) is 0 Å². The van der Waals surface area contributed by atoms with E-state index in [2.05, 4.69) is 6.92 Å². The molecule has 1 amide bonds. The van der Waals surface area contributed by atoms with Crippen LogP contribution in [-0.4, -0.2) is 48.9 Å². The van der Waals surface area contributed by atoms with E-state index in [4.69, 9.17) is 20.3 Å². The van der Waals surface area contributed by atoms with Gasteiger partial charge in [0.1, 0.15) is 16.8 Å². The highest BCUT2D eigenvalue weighted by Crippen LogP contribution is 2.16. The summed E-state index contributed by atoms with van der Waals surface area (Å²) in [6.07, 6.45) is 6.59. The Morgan fingerprint density at radius 3 is 2.48 bits per heavy atom. The van der Waals surface area contributed by atoms with Gasteiger partial charge in [-0.2, -0.15) is 0 Å². The van der Waals surface area contributed by atoms with Gasteiger partial charge in [-0.1, -0.05) is 19.4 Å². The maximum absolute atomic E-state index is 13.3. The van der Waals surface area contributed by atoms with Crippen molar-refractivity contribution < 1.29 is 14.7 Å². The van der Waals surface area contributed by atoms with Crippen LogP contribution in [0.3, 0.4) is 0 Å². The average molecular weight is 454 g/mol. The van der Waals surface area contributed by atoms with E-state index in [0.29, 0.717) is 41.9 Å². The predicted molar refractivity (Wildman–Crippen MR) is 126 cm³/mol. The summed E-state index contributed by atoms with van der Waals surface area (Å²) in [6, 6.07) is 5.32. The molecule has 9 nitrogen and oxygen atoms in total. The molecule has 1 fully saturated rings. The van der Waals surface area contributed by atoms with E-state index < -0.39 is 5.97 Å².